The topological polar surface area (TPSA) is 9.23 Å². The highest BCUT2D eigenvalue weighted by atomic mass is 28.4. The molecule has 2 aromatic carbocycles. The van der Waals surface area contributed by atoms with Gasteiger partial charge < -0.3 is 4.43 Å². The molecule has 0 heterocycles. The van der Waals surface area contributed by atoms with Gasteiger partial charge in [-0.05, 0) is 37.3 Å². The SMILES string of the molecule is C[Si](C)(C)OC(c1ccccc1)C(F)(F)c1cccc(C(F)(F)F)c1. The molecule has 2 aromatic rings. The summed E-state index contributed by atoms with van der Waals surface area (Å²) in [5, 5.41) is 0. The Morgan fingerprint density at radius 1 is 0.800 bits per heavy atom. The second-order valence-corrected chi connectivity index (χ2v) is 11.2. The van der Waals surface area contributed by atoms with Crippen LogP contribution in [0.25, 0.3) is 0 Å². The molecule has 0 aromatic heterocycles. The summed E-state index contributed by atoms with van der Waals surface area (Å²) in [6.45, 7) is 5.27. The first-order chi connectivity index (χ1) is 11.4. The van der Waals surface area contributed by atoms with Crippen LogP contribution in [0.4, 0.5) is 22.0 Å². The highest BCUT2D eigenvalue weighted by Gasteiger charge is 2.46. The first-order valence-corrected chi connectivity index (χ1v) is 11.1. The van der Waals surface area contributed by atoms with Crippen LogP contribution in [0.5, 0.6) is 0 Å². The lowest BCUT2D eigenvalue weighted by Gasteiger charge is -2.33. The molecule has 0 spiro atoms. The van der Waals surface area contributed by atoms with E-state index in [1.54, 1.807) is 37.8 Å². The maximum absolute atomic E-state index is 15.1. The molecule has 1 nitrogen and oxygen atoms in total. The van der Waals surface area contributed by atoms with Gasteiger partial charge in [-0.25, -0.2) is 0 Å². The van der Waals surface area contributed by atoms with Gasteiger partial charge in [0.25, 0.3) is 0 Å². The van der Waals surface area contributed by atoms with Crippen molar-refractivity contribution in [2.24, 2.45) is 0 Å². The highest BCUT2D eigenvalue weighted by Crippen LogP contribution is 2.45. The van der Waals surface area contributed by atoms with E-state index in [4.69, 9.17) is 4.43 Å². The smallest absolute Gasteiger partial charge is 0.405 e. The van der Waals surface area contributed by atoms with Crippen LogP contribution in [-0.2, 0) is 16.5 Å². The van der Waals surface area contributed by atoms with Gasteiger partial charge in [-0.3, -0.25) is 0 Å². The van der Waals surface area contributed by atoms with Crippen LogP contribution in [0.3, 0.4) is 0 Å². The fourth-order valence-corrected chi connectivity index (χ4v) is 3.38. The van der Waals surface area contributed by atoms with Crippen molar-refractivity contribution < 1.29 is 26.4 Å². The number of halogens is 5. The van der Waals surface area contributed by atoms with E-state index >= 15 is 8.78 Å². The Hall–Kier alpha value is -1.73. The van der Waals surface area contributed by atoms with Crippen LogP contribution in [-0.4, -0.2) is 8.32 Å². The van der Waals surface area contributed by atoms with Gasteiger partial charge in [0, 0.05) is 5.56 Å². The van der Waals surface area contributed by atoms with Crippen molar-refractivity contribution in [2.75, 3.05) is 0 Å². The van der Waals surface area contributed by atoms with E-state index in [9.17, 15) is 13.2 Å². The predicted molar refractivity (Wildman–Crippen MR) is 89.0 cm³/mol. The third kappa shape index (κ3) is 4.89. The Labute approximate surface area is 144 Å². The Morgan fingerprint density at radius 2 is 1.36 bits per heavy atom. The zero-order chi connectivity index (χ0) is 18.9. The van der Waals surface area contributed by atoms with Crippen LogP contribution in [0.1, 0.15) is 22.8 Å². The van der Waals surface area contributed by atoms with Crippen LogP contribution >= 0.6 is 0 Å². The minimum Gasteiger partial charge on any atom is -0.405 e. The van der Waals surface area contributed by atoms with Crippen LogP contribution in [0.2, 0.25) is 19.6 Å². The van der Waals surface area contributed by atoms with E-state index < -0.39 is 37.6 Å². The average Bonchev–Trinajstić information content (AvgIpc) is 2.52. The van der Waals surface area contributed by atoms with Crippen molar-refractivity contribution in [2.45, 2.75) is 37.8 Å². The average molecular weight is 374 g/mol. The standard InChI is InChI=1S/C18H19F5OSi/c1-25(2,3)24-16(13-8-5-4-6-9-13)17(19,20)14-10-7-11-15(12-14)18(21,22)23/h4-12,16H,1-3H3. The molecule has 0 amide bonds. The molecular formula is C18H19F5OSi. The summed E-state index contributed by atoms with van der Waals surface area (Å²) in [5.74, 6) is -3.61. The first kappa shape index (κ1) is 19.6. The zero-order valence-electron chi connectivity index (χ0n) is 14.1. The molecule has 1 unspecified atom stereocenters. The predicted octanol–water partition coefficient (Wildman–Crippen LogP) is 6.39. The van der Waals surface area contributed by atoms with Gasteiger partial charge in [-0.15, -0.1) is 0 Å². The molecule has 1 atom stereocenters. The summed E-state index contributed by atoms with van der Waals surface area (Å²) < 4.78 is 74.6. The first-order valence-electron chi connectivity index (χ1n) is 7.69. The summed E-state index contributed by atoms with van der Waals surface area (Å²) in [7, 11) is -2.40. The van der Waals surface area contributed by atoms with Crippen molar-refractivity contribution in [1.29, 1.82) is 0 Å². The van der Waals surface area contributed by atoms with Gasteiger partial charge in [-0.1, -0.05) is 42.5 Å². The summed E-state index contributed by atoms with van der Waals surface area (Å²) >= 11 is 0. The number of hydrogen-bond acceptors (Lipinski definition) is 1. The largest absolute Gasteiger partial charge is 0.416 e. The van der Waals surface area contributed by atoms with E-state index in [0.717, 1.165) is 18.2 Å². The van der Waals surface area contributed by atoms with Gasteiger partial charge in [0.15, 0.2) is 8.32 Å². The molecule has 0 aliphatic carbocycles. The Kier molecular flexibility index (Phi) is 5.39. The normalized spacial score (nSPS) is 14.4. The van der Waals surface area contributed by atoms with Crippen LogP contribution in [0, 0.1) is 0 Å². The second kappa shape index (κ2) is 6.88. The fraction of sp³-hybridized carbons (Fsp3) is 0.333. The third-order valence-corrected chi connectivity index (χ3v) is 4.42. The molecule has 0 saturated carbocycles. The van der Waals surface area contributed by atoms with E-state index in [1.807, 2.05) is 0 Å². The molecule has 0 aliphatic rings. The van der Waals surface area contributed by atoms with Crippen molar-refractivity contribution in [3.05, 3.63) is 71.3 Å². The molecule has 0 N–H and O–H groups in total. The summed E-state index contributed by atoms with van der Waals surface area (Å²) in [6.07, 6.45) is -6.34. The third-order valence-electron chi connectivity index (χ3n) is 3.48. The molecule has 0 saturated heterocycles. The molecule has 0 bridgehead atoms. The summed E-state index contributed by atoms with van der Waals surface area (Å²) in [4.78, 5) is 0. The number of hydrogen-bond donors (Lipinski definition) is 0. The fourth-order valence-electron chi connectivity index (χ4n) is 2.39. The van der Waals surface area contributed by atoms with Crippen LogP contribution < -0.4 is 0 Å². The Bertz CT molecular complexity index is 707. The second-order valence-electron chi connectivity index (χ2n) is 6.72. The Morgan fingerprint density at radius 3 is 1.88 bits per heavy atom. The molecule has 0 radical (unpaired) electrons. The van der Waals surface area contributed by atoms with Crippen molar-refractivity contribution in [1.82, 2.24) is 0 Å². The van der Waals surface area contributed by atoms with Gasteiger partial charge in [-0.2, -0.15) is 22.0 Å². The van der Waals surface area contributed by atoms with Crippen molar-refractivity contribution in [3.8, 4) is 0 Å². The van der Waals surface area contributed by atoms with E-state index in [1.165, 1.54) is 12.1 Å². The lowest BCUT2D eigenvalue weighted by molar-refractivity contribution is -0.138. The molecule has 0 fully saturated rings. The number of benzene rings is 2. The molecule has 25 heavy (non-hydrogen) atoms. The highest BCUT2D eigenvalue weighted by molar-refractivity contribution is 6.69. The maximum Gasteiger partial charge on any atom is 0.416 e. The van der Waals surface area contributed by atoms with Crippen molar-refractivity contribution in [3.63, 3.8) is 0 Å². The lowest BCUT2D eigenvalue weighted by Crippen LogP contribution is -2.36. The van der Waals surface area contributed by atoms with Gasteiger partial charge in [0.05, 0.1) is 5.56 Å². The number of alkyl halides is 5. The van der Waals surface area contributed by atoms with Gasteiger partial charge in [0.2, 0.25) is 0 Å². The van der Waals surface area contributed by atoms with Gasteiger partial charge in [0.1, 0.15) is 6.10 Å². The zero-order valence-corrected chi connectivity index (χ0v) is 15.1. The minimum atomic E-state index is -4.69. The van der Waals surface area contributed by atoms with E-state index in [0.29, 0.717) is 6.07 Å². The quantitative estimate of drug-likeness (QED) is 0.435. The molecule has 2 rings (SSSR count). The maximum atomic E-state index is 15.1. The lowest BCUT2D eigenvalue weighted by atomic mass is 9.96. The van der Waals surface area contributed by atoms with Crippen LogP contribution in [0.15, 0.2) is 54.6 Å². The number of rotatable bonds is 5. The minimum absolute atomic E-state index is 0.229. The van der Waals surface area contributed by atoms with E-state index in [2.05, 4.69) is 0 Å². The molecule has 136 valence electrons. The Balaban J connectivity index is 2.51. The van der Waals surface area contributed by atoms with Crippen molar-refractivity contribution >= 4 is 8.32 Å². The summed E-state index contributed by atoms with van der Waals surface area (Å²) in [5.41, 5.74) is -1.59. The molecule has 7 heteroatoms. The molecule has 0 aliphatic heterocycles. The summed E-state index contributed by atoms with van der Waals surface area (Å²) in [6, 6.07) is 11.1. The van der Waals surface area contributed by atoms with Gasteiger partial charge >= 0.3 is 12.1 Å². The van der Waals surface area contributed by atoms with E-state index in [-0.39, 0.29) is 5.56 Å². The monoisotopic (exact) mass is 374 g/mol. The molecular weight excluding hydrogens is 355 g/mol.